The highest BCUT2D eigenvalue weighted by atomic mass is 16.2. The fourth-order valence-electron chi connectivity index (χ4n) is 2.64. The summed E-state index contributed by atoms with van der Waals surface area (Å²) in [6.45, 7) is 3.49. The Labute approximate surface area is 125 Å². The average molecular weight is 289 g/mol. The van der Waals surface area contributed by atoms with E-state index in [-0.39, 0.29) is 18.0 Å². The molecule has 3 amide bonds. The molecule has 1 saturated heterocycles. The minimum absolute atomic E-state index is 0.0358. The van der Waals surface area contributed by atoms with E-state index < -0.39 is 0 Å². The van der Waals surface area contributed by atoms with Gasteiger partial charge in [0.25, 0.3) is 0 Å². The molecule has 1 aromatic carbocycles. The SMILES string of the molecule is CC(=O)N[C@@H]1CCCN(C(=O)NCCc2ccccc2)C1. The van der Waals surface area contributed by atoms with Gasteiger partial charge in [-0.05, 0) is 24.8 Å². The molecule has 0 aliphatic carbocycles. The predicted octanol–water partition coefficient (Wildman–Crippen LogP) is 1.54. The van der Waals surface area contributed by atoms with Crippen molar-refractivity contribution in [3.63, 3.8) is 0 Å². The molecular formula is C16H23N3O2. The zero-order valence-electron chi connectivity index (χ0n) is 12.5. The number of urea groups is 1. The first kappa shape index (κ1) is 15.4. The van der Waals surface area contributed by atoms with Crippen molar-refractivity contribution >= 4 is 11.9 Å². The molecule has 2 N–H and O–H groups in total. The van der Waals surface area contributed by atoms with Crippen LogP contribution in [0.4, 0.5) is 4.79 Å². The van der Waals surface area contributed by atoms with Gasteiger partial charge in [0.15, 0.2) is 0 Å². The summed E-state index contributed by atoms with van der Waals surface area (Å²) in [7, 11) is 0. The van der Waals surface area contributed by atoms with Crippen LogP contribution in [0, 0.1) is 0 Å². The second-order valence-electron chi connectivity index (χ2n) is 5.45. The van der Waals surface area contributed by atoms with Gasteiger partial charge in [0, 0.05) is 32.6 Å². The van der Waals surface area contributed by atoms with Gasteiger partial charge in [-0.1, -0.05) is 30.3 Å². The third-order valence-electron chi connectivity index (χ3n) is 3.65. The fraction of sp³-hybridized carbons (Fsp3) is 0.500. The number of nitrogens with one attached hydrogen (secondary N) is 2. The number of rotatable bonds is 4. The van der Waals surface area contributed by atoms with Crippen LogP contribution in [0.1, 0.15) is 25.3 Å². The highest BCUT2D eigenvalue weighted by molar-refractivity contribution is 5.75. The molecule has 0 saturated carbocycles. The largest absolute Gasteiger partial charge is 0.352 e. The topological polar surface area (TPSA) is 61.4 Å². The normalized spacial score (nSPS) is 18.1. The van der Waals surface area contributed by atoms with Gasteiger partial charge >= 0.3 is 6.03 Å². The lowest BCUT2D eigenvalue weighted by molar-refractivity contribution is -0.119. The van der Waals surface area contributed by atoms with Gasteiger partial charge in [-0.2, -0.15) is 0 Å². The Morgan fingerprint density at radius 3 is 2.76 bits per heavy atom. The second kappa shape index (κ2) is 7.67. The van der Waals surface area contributed by atoms with Crippen LogP contribution < -0.4 is 10.6 Å². The van der Waals surface area contributed by atoms with Gasteiger partial charge in [0.2, 0.25) is 5.91 Å². The number of hydrogen-bond acceptors (Lipinski definition) is 2. The Morgan fingerprint density at radius 2 is 2.05 bits per heavy atom. The lowest BCUT2D eigenvalue weighted by Crippen LogP contribution is -2.52. The Morgan fingerprint density at radius 1 is 1.29 bits per heavy atom. The molecule has 0 bridgehead atoms. The van der Waals surface area contributed by atoms with E-state index in [1.807, 2.05) is 18.2 Å². The van der Waals surface area contributed by atoms with Crippen molar-refractivity contribution < 1.29 is 9.59 Å². The molecule has 0 unspecified atom stereocenters. The van der Waals surface area contributed by atoms with Crippen LogP contribution in [0.25, 0.3) is 0 Å². The van der Waals surface area contributed by atoms with Gasteiger partial charge in [0.05, 0.1) is 0 Å². The third kappa shape index (κ3) is 5.10. The maximum atomic E-state index is 12.1. The number of amides is 3. The highest BCUT2D eigenvalue weighted by Gasteiger charge is 2.23. The molecule has 5 heteroatoms. The fourth-order valence-corrected chi connectivity index (χ4v) is 2.64. The van der Waals surface area contributed by atoms with Crippen molar-refractivity contribution in [2.75, 3.05) is 19.6 Å². The molecule has 1 fully saturated rings. The summed E-state index contributed by atoms with van der Waals surface area (Å²) in [4.78, 5) is 25.0. The molecular weight excluding hydrogens is 266 g/mol. The highest BCUT2D eigenvalue weighted by Crippen LogP contribution is 2.10. The molecule has 1 heterocycles. The first-order chi connectivity index (χ1) is 10.1. The molecule has 2 rings (SSSR count). The van der Waals surface area contributed by atoms with Crippen LogP contribution in [0.2, 0.25) is 0 Å². The number of benzene rings is 1. The summed E-state index contributed by atoms with van der Waals surface area (Å²) >= 11 is 0. The maximum Gasteiger partial charge on any atom is 0.317 e. The van der Waals surface area contributed by atoms with Gasteiger partial charge in [-0.25, -0.2) is 4.79 Å². The smallest absolute Gasteiger partial charge is 0.317 e. The molecule has 21 heavy (non-hydrogen) atoms. The molecule has 0 aromatic heterocycles. The van der Waals surface area contributed by atoms with Crippen LogP contribution in [-0.4, -0.2) is 42.5 Å². The summed E-state index contributed by atoms with van der Waals surface area (Å²) in [6.07, 6.45) is 2.69. The van der Waals surface area contributed by atoms with Crippen molar-refractivity contribution in [2.45, 2.75) is 32.2 Å². The molecule has 0 radical (unpaired) electrons. The summed E-state index contributed by atoms with van der Waals surface area (Å²) < 4.78 is 0. The van der Waals surface area contributed by atoms with Crippen LogP contribution in [0.5, 0.6) is 0 Å². The monoisotopic (exact) mass is 289 g/mol. The van der Waals surface area contributed by atoms with Crippen molar-refractivity contribution in [2.24, 2.45) is 0 Å². The van der Waals surface area contributed by atoms with E-state index in [0.29, 0.717) is 13.1 Å². The maximum absolute atomic E-state index is 12.1. The van der Waals surface area contributed by atoms with Gasteiger partial charge in [-0.3, -0.25) is 4.79 Å². The van der Waals surface area contributed by atoms with Crippen molar-refractivity contribution in [1.82, 2.24) is 15.5 Å². The minimum atomic E-state index is -0.0408. The molecule has 0 spiro atoms. The Bertz CT molecular complexity index is 476. The van der Waals surface area contributed by atoms with Crippen LogP contribution in [0.15, 0.2) is 30.3 Å². The molecule has 1 aliphatic heterocycles. The average Bonchev–Trinajstić information content (AvgIpc) is 2.48. The number of nitrogens with zero attached hydrogens (tertiary/aromatic N) is 1. The first-order valence-electron chi connectivity index (χ1n) is 7.49. The molecule has 1 atom stereocenters. The number of carbonyl (C=O) groups excluding carboxylic acids is 2. The van der Waals surface area contributed by atoms with E-state index in [2.05, 4.69) is 22.8 Å². The Hall–Kier alpha value is -2.04. The standard InChI is InChI=1S/C16H23N3O2/c1-13(20)18-15-8-5-11-19(12-15)16(21)17-10-9-14-6-3-2-4-7-14/h2-4,6-7,15H,5,8-12H2,1H3,(H,17,21)(H,18,20)/t15-/m1/s1. The minimum Gasteiger partial charge on any atom is -0.352 e. The van der Waals surface area contributed by atoms with E-state index in [1.54, 1.807) is 4.90 Å². The van der Waals surface area contributed by atoms with E-state index in [9.17, 15) is 9.59 Å². The van der Waals surface area contributed by atoms with E-state index >= 15 is 0 Å². The lowest BCUT2D eigenvalue weighted by atomic mass is 10.1. The molecule has 5 nitrogen and oxygen atoms in total. The zero-order chi connectivity index (χ0) is 15.1. The van der Waals surface area contributed by atoms with Crippen LogP contribution in [-0.2, 0) is 11.2 Å². The number of piperidine rings is 1. The van der Waals surface area contributed by atoms with Gasteiger partial charge in [0.1, 0.15) is 0 Å². The second-order valence-corrected chi connectivity index (χ2v) is 5.45. The quantitative estimate of drug-likeness (QED) is 0.883. The summed E-state index contributed by atoms with van der Waals surface area (Å²) in [5, 5.41) is 5.84. The number of likely N-dealkylation sites (tertiary alicyclic amines) is 1. The third-order valence-corrected chi connectivity index (χ3v) is 3.65. The van der Waals surface area contributed by atoms with E-state index in [4.69, 9.17) is 0 Å². The van der Waals surface area contributed by atoms with Crippen LogP contribution >= 0.6 is 0 Å². The van der Waals surface area contributed by atoms with Crippen molar-refractivity contribution in [3.8, 4) is 0 Å². The molecule has 114 valence electrons. The number of carbonyl (C=O) groups is 2. The van der Waals surface area contributed by atoms with Gasteiger partial charge < -0.3 is 15.5 Å². The van der Waals surface area contributed by atoms with Crippen molar-refractivity contribution in [1.29, 1.82) is 0 Å². The summed E-state index contributed by atoms with van der Waals surface area (Å²) in [5.41, 5.74) is 1.22. The van der Waals surface area contributed by atoms with Crippen LogP contribution in [0.3, 0.4) is 0 Å². The van der Waals surface area contributed by atoms with E-state index in [0.717, 1.165) is 25.8 Å². The molecule has 1 aliphatic rings. The van der Waals surface area contributed by atoms with E-state index in [1.165, 1.54) is 12.5 Å². The molecule has 1 aromatic rings. The first-order valence-corrected chi connectivity index (χ1v) is 7.49. The predicted molar refractivity (Wildman–Crippen MR) is 82.0 cm³/mol. The van der Waals surface area contributed by atoms with Gasteiger partial charge in [-0.15, -0.1) is 0 Å². The summed E-state index contributed by atoms with van der Waals surface area (Å²) in [5.74, 6) is -0.0358. The summed E-state index contributed by atoms with van der Waals surface area (Å²) in [6, 6.07) is 10.1. The Balaban J connectivity index is 1.73. The Kier molecular flexibility index (Phi) is 5.60. The lowest BCUT2D eigenvalue weighted by Gasteiger charge is -2.33. The number of hydrogen-bond donors (Lipinski definition) is 2. The van der Waals surface area contributed by atoms with Crippen molar-refractivity contribution in [3.05, 3.63) is 35.9 Å². The zero-order valence-corrected chi connectivity index (χ0v) is 12.5.